The number of carbonyl (C=O) groups is 1. The molecule has 2 aromatic carbocycles. The zero-order valence-electron chi connectivity index (χ0n) is 17.6. The molecule has 0 amide bonds. The highest BCUT2D eigenvalue weighted by atomic mass is 35.5. The van der Waals surface area contributed by atoms with Gasteiger partial charge in [0.15, 0.2) is 5.16 Å². The van der Waals surface area contributed by atoms with Crippen molar-refractivity contribution in [3.8, 4) is 5.75 Å². The summed E-state index contributed by atoms with van der Waals surface area (Å²) in [5, 5.41) is 1.67. The van der Waals surface area contributed by atoms with Crippen molar-refractivity contribution in [3.05, 3.63) is 63.4 Å². The Morgan fingerprint density at radius 1 is 1.28 bits per heavy atom. The highest BCUT2D eigenvalue weighted by Gasteiger charge is 2.21. The van der Waals surface area contributed by atoms with E-state index in [1.165, 1.54) is 18.9 Å². The van der Waals surface area contributed by atoms with Crippen molar-refractivity contribution in [1.82, 2.24) is 9.55 Å². The maximum Gasteiger partial charge on any atom is 0.337 e. The van der Waals surface area contributed by atoms with Gasteiger partial charge in [0.1, 0.15) is 5.75 Å². The van der Waals surface area contributed by atoms with E-state index in [4.69, 9.17) is 30.8 Å². The number of thioether (sulfide) groups is 1. The lowest BCUT2D eigenvalue weighted by Gasteiger charge is -2.17. The third kappa shape index (κ3) is 5.26. The van der Waals surface area contributed by atoms with E-state index in [1.807, 2.05) is 12.1 Å². The number of ether oxygens (including phenoxy) is 3. The standard InChI is InChI=1S/C23H23ClN2O5S/c1-29-22(28)15-4-9-19-20(13-15)25-23(26(21(19)27)14-18-3-2-10-30-18)32-12-11-31-17-7-5-16(24)6-8-17/h4-9,13,18H,2-3,10-12,14H2,1H3. The second kappa shape index (κ2) is 10.4. The van der Waals surface area contributed by atoms with Crippen molar-refractivity contribution in [3.63, 3.8) is 0 Å². The van der Waals surface area contributed by atoms with Gasteiger partial charge in [-0.05, 0) is 55.3 Å². The average Bonchev–Trinajstić information content (AvgIpc) is 3.32. The molecule has 1 aromatic heterocycles. The SMILES string of the molecule is COC(=O)c1ccc2c(=O)n(CC3CCCO3)c(SCCOc3ccc(Cl)cc3)nc2c1. The fourth-order valence-corrected chi connectivity index (χ4v) is 4.48. The minimum Gasteiger partial charge on any atom is -0.493 e. The number of benzene rings is 2. The van der Waals surface area contributed by atoms with Crippen LogP contribution in [-0.2, 0) is 16.0 Å². The molecule has 4 rings (SSSR count). The fourth-order valence-electron chi connectivity index (χ4n) is 3.53. The van der Waals surface area contributed by atoms with Crippen LogP contribution in [0.15, 0.2) is 52.4 Å². The molecule has 0 aliphatic carbocycles. The Hall–Kier alpha value is -2.55. The van der Waals surface area contributed by atoms with Gasteiger partial charge in [-0.15, -0.1) is 0 Å². The molecular formula is C23H23ClN2O5S. The van der Waals surface area contributed by atoms with Gasteiger partial charge in [-0.2, -0.15) is 0 Å². The number of hydrogen-bond acceptors (Lipinski definition) is 7. The number of esters is 1. The van der Waals surface area contributed by atoms with Crippen LogP contribution in [0.25, 0.3) is 10.9 Å². The highest BCUT2D eigenvalue weighted by molar-refractivity contribution is 7.99. The first-order valence-corrected chi connectivity index (χ1v) is 11.7. The maximum absolute atomic E-state index is 13.3. The summed E-state index contributed by atoms with van der Waals surface area (Å²) in [6.45, 7) is 1.59. The van der Waals surface area contributed by atoms with Crippen molar-refractivity contribution in [2.45, 2.75) is 30.6 Å². The fraction of sp³-hybridized carbons (Fsp3) is 0.348. The Labute approximate surface area is 194 Å². The molecule has 1 fully saturated rings. The Bertz CT molecular complexity index is 1160. The molecule has 32 heavy (non-hydrogen) atoms. The lowest BCUT2D eigenvalue weighted by molar-refractivity contribution is 0.0601. The predicted molar refractivity (Wildman–Crippen MR) is 124 cm³/mol. The molecule has 1 atom stereocenters. The number of halogens is 1. The number of aromatic nitrogens is 2. The first-order valence-electron chi connectivity index (χ1n) is 10.3. The van der Waals surface area contributed by atoms with Gasteiger partial charge in [0.2, 0.25) is 0 Å². The Balaban J connectivity index is 1.58. The van der Waals surface area contributed by atoms with E-state index in [0.717, 1.165) is 18.6 Å². The summed E-state index contributed by atoms with van der Waals surface area (Å²) in [6, 6.07) is 12.0. The molecule has 1 saturated heterocycles. The van der Waals surface area contributed by atoms with E-state index in [2.05, 4.69) is 0 Å². The molecule has 1 aliphatic heterocycles. The summed E-state index contributed by atoms with van der Waals surface area (Å²) in [6.07, 6.45) is 1.89. The number of methoxy groups -OCH3 is 1. The van der Waals surface area contributed by atoms with Crippen molar-refractivity contribution >= 4 is 40.2 Å². The molecule has 2 heterocycles. The van der Waals surface area contributed by atoms with Crippen molar-refractivity contribution in [2.75, 3.05) is 26.1 Å². The highest BCUT2D eigenvalue weighted by Crippen LogP contribution is 2.22. The minimum absolute atomic E-state index is 0.00837. The summed E-state index contributed by atoms with van der Waals surface area (Å²) in [5.41, 5.74) is 0.663. The number of fused-ring (bicyclic) bond motifs is 1. The number of rotatable bonds is 8. The quantitative estimate of drug-likeness (QED) is 0.209. The van der Waals surface area contributed by atoms with Crippen LogP contribution in [0.2, 0.25) is 5.02 Å². The summed E-state index contributed by atoms with van der Waals surface area (Å²) in [4.78, 5) is 29.9. The van der Waals surface area contributed by atoms with Crippen molar-refractivity contribution in [2.24, 2.45) is 0 Å². The lowest BCUT2D eigenvalue weighted by atomic mass is 10.1. The molecular weight excluding hydrogens is 452 g/mol. The van der Waals surface area contributed by atoms with Gasteiger partial charge >= 0.3 is 5.97 Å². The molecule has 1 unspecified atom stereocenters. The molecule has 0 saturated carbocycles. The van der Waals surface area contributed by atoms with Crippen molar-refractivity contribution in [1.29, 1.82) is 0 Å². The molecule has 0 bridgehead atoms. The normalized spacial score (nSPS) is 15.8. The van der Waals surface area contributed by atoms with Crippen molar-refractivity contribution < 1.29 is 19.0 Å². The van der Waals surface area contributed by atoms with Gasteiger partial charge < -0.3 is 14.2 Å². The zero-order chi connectivity index (χ0) is 22.5. The first kappa shape index (κ1) is 22.6. The van der Waals surface area contributed by atoms with Gasteiger partial charge in [-0.3, -0.25) is 9.36 Å². The third-order valence-electron chi connectivity index (χ3n) is 5.15. The van der Waals surface area contributed by atoms with Crippen LogP contribution in [0, 0.1) is 0 Å². The molecule has 0 radical (unpaired) electrons. The van der Waals surface area contributed by atoms with E-state index in [-0.39, 0.29) is 11.7 Å². The Morgan fingerprint density at radius 3 is 2.81 bits per heavy atom. The second-order valence-electron chi connectivity index (χ2n) is 7.32. The van der Waals surface area contributed by atoms with Gasteiger partial charge in [0.25, 0.3) is 5.56 Å². The molecule has 9 heteroatoms. The summed E-state index contributed by atoms with van der Waals surface area (Å²) >= 11 is 7.33. The molecule has 7 nitrogen and oxygen atoms in total. The smallest absolute Gasteiger partial charge is 0.337 e. The Kier molecular flexibility index (Phi) is 7.34. The zero-order valence-corrected chi connectivity index (χ0v) is 19.2. The summed E-state index contributed by atoms with van der Waals surface area (Å²) in [5.74, 6) is 0.840. The predicted octanol–water partition coefficient (Wildman–Crippen LogP) is 4.19. The summed E-state index contributed by atoms with van der Waals surface area (Å²) in [7, 11) is 1.32. The number of nitrogens with zero attached hydrogens (tertiary/aromatic N) is 2. The van der Waals surface area contributed by atoms with Crippen LogP contribution in [0.3, 0.4) is 0 Å². The third-order valence-corrected chi connectivity index (χ3v) is 6.34. The van der Waals surface area contributed by atoms with Crippen LogP contribution in [0.5, 0.6) is 5.75 Å². The van der Waals surface area contributed by atoms with Crippen LogP contribution >= 0.6 is 23.4 Å². The van der Waals surface area contributed by atoms with E-state index in [1.54, 1.807) is 34.9 Å². The van der Waals surface area contributed by atoms with Gasteiger partial charge in [-0.25, -0.2) is 9.78 Å². The van der Waals surface area contributed by atoms with Crippen LogP contribution in [0.4, 0.5) is 0 Å². The second-order valence-corrected chi connectivity index (χ2v) is 8.82. The van der Waals surface area contributed by atoms with Gasteiger partial charge in [0, 0.05) is 17.4 Å². The minimum atomic E-state index is -0.470. The summed E-state index contributed by atoms with van der Waals surface area (Å²) < 4.78 is 18.0. The van der Waals surface area contributed by atoms with Crippen LogP contribution in [0.1, 0.15) is 23.2 Å². The van der Waals surface area contributed by atoms with Crippen LogP contribution < -0.4 is 10.3 Å². The van der Waals surface area contributed by atoms with Gasteiger partial charge in [0.05, 0.1) is 42.8 Å². The molecule has 1 aliphatic rings. The molecule has 3 aromatic rings. The van der Waals surface area contributed by atoms with Gasteiger partial charge in [-0.1, -0.05) is 23.4 Å². The number of hydrogen-bond donors (Lipinski definition) is 0. The largest absolute Gasteiger partial charge is 0.493 e. The monoisotopic (exact) mass is 474 g/mol. The topological polar surface area (TPSA) is 79.7 Å². The molecule has 0 N–H and O–H groups in total. The average molecular weight is 475 g/mol. The van der Waals surface area contributed by atoms with E-state index >= 15 is 0 Å². The van der Waals surface area contributed by atoms with E-state index in [9.17, 15) is 9.59 Å². The lowest BCUT2D eigenvalue weighted by Crippen LogP contribution is -2.29. The maximum atomic E-state index is 13.3. The Morgan fingerprint density at radius 2 is 2.09 bits per heavy atom. The van der Waals surface area contributed by atoms with Crippen LogP contribution in [-0.4, -0.2) is 47.7 Å². The number of carbonyl (C=O) groups excluding carboxylic acids is 1. The first-order chi connectivity index (χ1) is 15.5. The molecule has 0 spiro atoms. The molecule has 168 valence electrons. The van der Waals surface area contributed by atoms with E-state index in [0.29, 0.717) is 52.2 Å². The van der Waals surface area contributed by atoms with E-state index < -0.39 is 5.97 Å².